The minimum absolute atomic E-state index is 0.704. The third kappa shape index (κ3) is 1.60. The lowest BCUT2D eigenvalue weighted by Gasteiger charge is -1.91. The van der Waals surface area contributed by atoms with Crippen LogP contribution in [-0.4, -0.2) is 11.6 Å². The number of nitrogens with zero attached hydrogens (tertiary/aromatic N) is 2. The maximum Gasteiger partial charge on any atom is 0.120 e. The molecule has 0 radical (unpaired) electrons. The molecule has 0 spiro atoms. The van der Waals surface area contributed by atoms with Crippen molar-refractivity contribution in [1.82, 2.24) is 9.88 Å². The molecule has 1 aromatic heterocycles. The number of nitriles is 1. The molecule has 1 N–H and O–H groups in total. The Morgan fingerprint density at radius 1 is 1.73 bits per heavy atom. The molecule has 0 saturated carbocycles. The number of hydrogen-bond acceptors (Lipinski definition) is 2. The van der Waals surface area contributed by atoms with Gasteiger partial charge in [-0.05, 0) is 18.7 Å². The van der Waals surface area contributed by atoms with E-state index in [9.17, 15) is 0 Å². The molecule has 1 aromatic rings. The topological polar surface area (TPSA) is 40.8 Å². The van der Waals surface area contributed by atoms with Gasteiger partial charge in [0, 0.05) is 19.8 Å². The molecule has 0 aromatic carbocycles. The van der Waals surface area contributed by atoms with Crippen LogP contribution in [0, 0.1) is 11.3 Å². The smallest absolute Gasteiger partial charge is 0.120 e. The molecule has 1 heterocycles. The van der Waals surface area contributed by atoms with E-state index in [1.165, 1.54) is 0 Å². The van der Waals surface area contributed by atoms with E-state index < -0.39 is 0 Å². The highest BCUT2D eigenvalue weighted by molar-refractivity contribution is 5.28. The summed E-state index contributed by atoms with van der Waals surface area (Å²) in [5, 5.41) is 11.6. The minimum atomic E-state index is 0.704. The first-order valence-electron chi connectivity index (χ1n) is 3.48. The van der Waals surface area contributed by atoms with E-state index in [1.54, 1.807) is 0 Å². The van der Waals surface area contributed by atoms with Crippen LogP contribution >= 0.6 is 0 Å². The molecular weight excluding hydrogens is 138 g/mol. The number of hydrogen-bond donors (Lipinski definition) is 1. The second-order valence-corrected chi connectivity index (χ2v) is 2.49. The van der Waals surface area contributed by atoms with Gasteiger partial charge in [-0.2, -0.15) is 5.26 Å². The molecule has 3 heteroatoms. The second-order valence-electron chi connectivity index (χ2n) is 2.49. The zero-order valence-corrected chi connectivity index (χ0v) is 6.76. The van der Waals surface area contributed by atoms with Gasteiger partial charge in [0.15, 0.2) is 0 Å². The summed E-state index contributed by atoms with van der Waals surface area (Å²) in [5.41, 5.74) is 1.85. The lowest BCUT2D eigenvalue weighted by atomic mass is 10.3. The Morgan fingerprint density at radius 2 is 2.45 bits per heavy atom. The van der Waals surface area contributed by atoms with Crippen LogP contribution in [-0.2, 0) is 13.6 Å². The van der Waals surface area contributed by atoms with Crippen molar-refractivity contribution in [2.45, 2.75) is 6.54 Å². The summed E-state index contributed by atoms with van der Waals surface area (Å²) in [6.45, 7) is 0.815. The molecule has 0 saturated heterocycles. The van der Waals surface area contributed by atoms with E-state index in [1.807, 2.05) is 30.9 Å². The summed E-state index contributed by atoms with van der Waals surface area (Å²) in [5.74, 6) is 0. The normalized spacial score (nSPS) is 9.55. The van der Waals surface area contributed by atoms with E-state index >= 15 is 0 Å². The van der Waals surface area contributed by atoms with Gasteiger partial charge in [0.05, 0.1) is 0 Å². The van der Waals surface area contributed by atoms with Crippen molar-refractivity contribution >= 4 is 0 Å². The van der Waals surface area contributed by atoms with Gasteiger partial charge in [0.1, 0.15) is 11.8 Å². The first-order chi connectivity index (χ1) is 5.27. The molecule has 0 fully saturated rings. The van der Waals surface area contributed by atoms with Crippen molar-refractivity contribution in [1.29, 1.82) is 5.26 Å². The molecule has 3 nitrogen and oxygen atoms in total. The van der Waals surface area contributed by atoms with Gasteiger partial charge in [-0.1, -0.05) is 0 Å². The van der Waals surface area contributed by atoms with Gasteiger partial charge in [-0.15, -0.1) is 0 Å². The van der Waals surface area contributed by atoms with Crippen LogP contribution in [0.5, 0.6) is 0 Å². The van der Waals surface area contributed by atoms with Gasteiger partial charge in [0.2, 0.25) is 0 Å². The Labute approximate surface area is 66.3 Å². The molecule has 0 atom stereocenters. The lowest BCUT2D eigenvalue weighted by Crippen LogP contribution is -2.03. The lowest BCUT2D eigenvalue weighted by molar-refractivity contribution is 0.811. The molecule has 0 aliphatic heterocycles. The van der Waals surface area contributed by atoms with Crippen molar-refractivity contribution < 1.29 is 0 Å². The number of aromatic nitrogens is 1. The summed E-state index contributed by atoms with van der Waals surface area (Å²) in [6.07, 6.45) is 1.95. The van der Waals surface area contributed by atoms with Crippen molar-refractivity contribution in [2.24, 2.45) is 7.05 Å². The fourth-order valence-corrected chi connectivity index (χ4v) is 1.04. The Morgan fingerprint density at radius 3 is 2.91 bits per heavy atom. The Hall–Kier alpha value is -1.27. The fourth-order valence-electron chi connectivity index (χ4n) is 1.04. The van der Waals surface area contributed by atoms with Crippen LogP contribution in [0.15, 0.2) is 12.3 Å². The summed E-state index contributed by atoms with van der Waals surface area (Å²) in [4.78, 5) is 0. The van der Waals surface area contributed by atoms with Crippen LogP contribution in [0.2, 0.25) is 0 Å². The molecule has 0 aliphatic rings. The van der Waals surface area contributed by atoms with E-state index in [-0.39, 0.29) is 0 Å². The summed E-state index contributed by atoms with van der Waals surface area (Å²) < 4.78 is 1.83. The maximum absolute atomic E-state index is 8.61. The van der Waals surface area contributed by atoms with Crippen LogP contribution in [0.25, 0.3) is 0 Å². The van der Waals surface area contributed by atoms with E-state index in [0.717, 1.165) is 12.1 Å². The predicted octanol–water partition coefficient (Wildman–Crippen LogP) is 0.616. The molecule has 0 aliphatic carbocycles. The van der Waals surface area contributed by atoms with Gasteiger partial charge in [-0.25, -0.2) is 0 Å². The third-order valence-electron chi connectivity index (χ3n) is 1.56. The van der Waals surface area contributed by atoms with Crippen LogP contribution in [0.4, 0.5) is 0 Å². The van der Waals surface area contributed by atoms with Crippen molar-refractivity contribution in [3.05, 3.63) is 23.5 Å². The highest BCUT2D eigenvalue weighted by atomic mass is 14.9. The summed E-state index contributed by atoms with van der Waals surface area (Å²) in [7, 11) is 3.76. The molecule has 11 heavy (non-hydrogen) atoms. The monoisotopic (exact) mass is 149 g/mol. The average molecular weight is 149 g/mol. The quantitative estimate of drug-likeness (QED) is 0.669. The van der Waals surface area contributed by atoms with E-state index in [4.69, 9.17) is 5.26 Å². The Bertz CT molecular complexity index is 280. The largest absolute Gasteiger partial charge is 0.342 e. The molecule has 58 valence electrons. The molecule has 1 rings (SSSR count). The Balaban J connectivity index is 2.89. The molecular formula is C8H11N3. The minimum Gasteiger partial charge on any atom is -0.342 e. The van der Waals surface area contributed by atoms with Gasteiger partial charge < -0.3 is 9.88 Å². The molecule has 0 bridgehead atoms. The van der Waals surface area contributed by atoms with Crippen LogP contribution < -0.4 is 5.32 Å². The SMILES string of the molecule is CNCc1cc(C#N)n(C)c1. The van der Waals surface area contributed by atoms with Gasteiger partial charge in [-0.3, -0.25) is 0 Å². The van der Waals surface area contributed by atoms with Crippen LogP contribution in [0.3, 0.4) is 0 Å². The van der Waals surface area contributed by atoms with Gasteiger partial charge >= 0.3 is 0 Å². The zero-order valence-electron chi connectivity index (χ0n) is 6.76. The third-order valence-corrected chi connectivity index (χ3v) is 1.56. The second kappa shape index (κ2) is 3.22. The molecule has 0 amide bonds. The first-order valence-corrected chi connectivity index (χ1v) is 3.48. The van der Waals surface area contributed by atoms with E-state index in [2.05, 4.69) is 11.4 Å². The van der Waals surface area contributed by atoms with E-state index in [0.29, 0.717) is 5.69 Å². The zero-order chi connectivity index (χ0) is 8.27. The fraction of sp³-hybridized carbons (Fsp3) is 0.375. The standard InChI is InChI=1S/C8H11N3/c1-10-5-7-3-8(4-9)11(2)6-7/h3,6,10H,5H2,1-2H3. The van der Waals surface area contributed by atoms with Crippen molar-refractivity contribution in [2.75, 3.05) is 7.05 Å². The average Bonchev–Trinajstić information content (AvgIpc) is 2.32. The van der Waals surface area contributed by atoms with Crippen molar-refractivity contribution in [3.8, 4) is 6.07 Å². The first kappa shape index (κ1) is 7.83. The number of rotatable bonds is 2. The maximum atomic E-state index is 8.61. The molecule has 0 unspecified atom stereocenters. The number of aryl methyl sites for hydroxylation is 1. The van der Waals surface area contributed by atoms with Crippen LogP contribution in [0.1, 0.15) is 11.3 Å². The highest BCUT2D eigenvalue weighted by Crippen LogP contribution is 2.04. The Kier molecular flexibility index (Phi) is 2.29. The predicted molar refractivity (Wildman–Crippen MR) is 42.9 cm³/mol. The highest BCUT2D eigenvalue weighted by Gasteiger charge is 1.99. The number of nitrogens with one attached hydrogen (secondary N) is 1. The summed E-state index contributed by atoms with van der Waals surface area (Å²) >= 11 is 0. The summed E-state index contributed by atoms with van der Waals surface area (Å²) in [6, 6.07) is 3.99. The van der Waals surface area contributed by atoms with Crippen molar-refractivity contribution in [3.63, 3.8) is 0 Å². The van der Waals surface area contributed by atoms with Gasteiger partial charge in [0.25, 0.3) is 0 Å².